The zero-order chi connectivity index (χ0) is 8.60. The normalized spacial score (nSPS) is 40.5. The minimum absolute atomic E-state index is 0.448. The second kappa shape index (κ2) is 3.02. The Bertz CT molecular complexity index is 160. The molecule has 70 valence electrons. The van der Waals surface area contributed by atoms with E-state index in [2.05, 4.69) is 13.8 Å². The van der Waals surface area contributed by atoms with Crippen LogP contribution in [0.4, 0.5) is 0 Å². The number of hydrogen-bond acceptors (Lipinski definition) is 1. The summed E-state index contributed by atoms with van der Waals surface area (Å²) in [5.41, 5.74) is 0.448. The summed E-state index contributed by atoms with van der Waals surface area (Å²) >= 11 is 0. The lowest BCUT2D eigenvalue weighted by Crippen LogP contribution is -2.44. The highest BCUT2D eigenvalue weighted by atomic mass is 16.5. The Hall–Kier alpha value is -0.0400. The second-order valence-corrected chi connectivity index (χ2v) is 5.07. The van der Waals surface area contributed by atoms with E-state index in [9.17, 15) is 0 Å². The van der Waals surface area contributed by atoms with Crippen molar-refractivity contribution in [2.75, 3.05) is 6.61 Å². The molecule has 1 heteroatoms. The molecular weight excluding hydrogens is 148 g/mol. The fourth-order valence-corrected chi connectivity index (χ4v) is 2.96. The molecule has 2 aliphatic rings. The van der Waals surface area contributed by atoms with Crippen LogP contribution in [0.2, 0.25) is 0 Å². The molecule has 1 saturated carbocycles. The minimum atomic E-state index is 0.448. The molecule has 1 aliphatic carbocycles. The van der Waals surface area contributed by atoms with Crippen LogP contribution in [0.5, 0.6) is 0 Å². The number of rotatable bonds is 0. The standard InChI is InChI=1S/C11H20O/c1-11(2)7-3-5-9-6-4-8-12-10(9)11/h9-10H,3-8H2,1-2H3. The van der Waals surface area contributed by atoms with E-state index in [4.69, 9.17) is 4.74 Å². The van der Waals surface area contributed by atoms with Crippen LogP contribution in [0, 0.1) is 11.3 Å². The highest BCUT2D eigenvalue weighted by Crippen LogP contribution is 2.44. The molecule has 1 saturated heterocycles. The van der Waals surface area contributed by atoms with Gasteiger partial charge in [0.1, 0.15) is 0 Å². The van der Waals surface area contributed by atoms with Crippen molar-refractivity contribution < 1.29 is 4.74 Å². The summed E-state index contributed by atoms with van der Waals surface area (Å²) in [6.07, 6.45) is 7.45. The molecule has 2 unspecified atom stereocenters. The van der Waals surface area contributed by atoms with Crippen LogP contribution in [0.1, 0.15) is 46.0 Å². The molecule has 1 nitrogen and oxygen atoms in total. The lowest BCUT2D eigenvalue weighted by Gasteiger charge is -2.46. The van der Waals surface area contributed by atoms with Gasteiger partial charge >= 0.3 is 0 Å². The van der Waals surface area contributed by atoms with Gasteiger partial charge in [-0.05, 0) is 37.0 Å². The summed E-state index contributed by atoms with van der Waals surface area (Å²) in [4.78, 5) is 0. The summed E-state index contributed by atoms with van der Waals surface area (Å²) in [5, 5.41) is 0. The van der Waals surface area contributed by atoms with Crippen LogP contribution in [-0.2, 0) is 4.74 Å². The van der Waals surface area contributed by atoms with E-state index in [1.807, 2.05) is 0 Å². The summed E-state index contributed by atoms with van der Waals surface area (Å²) in [7, 11) is 0. The van der Waals surface area contributed by atoms with Gasteiger partial charge in [-0.15, -0.1) is 0 Å². The summed E-state index contributed by atoms with van der Waals surface area (Å²) in [5.74, 6) is 0.877. The zero-order valence-electron chi connectivity index (χ0n) is 8.31. The van der Waals surface area contributed by atoms with Crippen LogP contribution >= 0.6 is 0 Å². The quantitative estimate of drug-likeness (QED) is 0.540. The van der Waals surface area contributed by atoms with Gasteiger partial charge in [-0.1, -0.05) is 20.3 Å². The Morgan fingerprint density at radius 3 is 2.67 bits per heavy atom. The fourth-order valence-electron chi connectivity index (χ4n) is 2.96. The van der Waals surface area contributed by atoms with Crippen LogP contribution in [-0.4, -0.2) is 12.7 Å². The van der Waals surface area contributed by atoms with Crippen LogP contribution in [0.3, 0.4) is 0 Å². The van der Waals surface area contributed by atoms with Gasteiger partial charge < -0.3 is 4.74 Å². The molecule has 1 heterocycles. The smallest absolute Gasteiger partial charge is 0.0654 e. The second-order valence-electron chi connectivity index (χ2n) is 5.07. The predicted octanol–water partition coefficient (Wildman–Crippen LogP) is 2.99. The number of fused-ring (bicyclic) bond motifs is 1. The third-order valence-corrected chi connectivity index (χ3v) is 3.61. The lowest BCUT2D eigenvalue weighted by atomic mass is 9.67. The van der Waals surface area contributed by atoms with E-state index < -0.39 is 0 Å². The molecule has 0 spiro atoms. The Labute approximate surface area is 75.5 Å². The molecule has 1 aliphatic heterocycles. The third-order valence-electron chi connectivity index (χ3n) is 3.61. The molecule has 0 radical (unpaired) electrons. The predicted molar refractivity (Wildman–Crippen MR) is 50.1 cm³/mol. The molecule has 0 N–H and O–H groups in total. The van der Waals surface area contributed by atoms with Crippen molar-refractivity contribution in [1.29, 1.82) is 0 Å². The number of hydrogen-bond donors (Lipinski definition) is 0. The maximum absolute atomic E-state index is 5.90. The van der Waals surface area contributed by atoms with Crippen molar-refractivity contribution in [2.45, 2.75) is 52.1 Å². The lowest BCUT2D eigenvalue weighted by molar-refractivity contribution is -0.113. The Morgan fingerprint density at radius 1 is 1.17 bits per heavy atom. The van der Waals surface area contributed by atoms with Gasteiger partial charge in [0.2, 0.25) is 0 Å². The van der Waals surface area contributed by atoms with E-state index in [0.717, 1.165) is 12.5 Å². The van der Waals surface area contributed by atoms with E-state index in [1.54, 1.807) is 0 Å². The van der Waals surface area contributed by atoms with Crippen molar-refractivity contribution in [1.82, 2.24) is 0 Å². The molecule has 0 aromatic rings. The van der Waals surface area contributed by atoms with Gasteiger partial charge in [0.05, 0.1) is 6.10 Å². The highest BCUT2D eigenvalue weighted by Gasteiger charge is 2.40. The SMILES string of the molecule is CC1(C)CCCC2CCCOC21. The van der Waals surface area contributed by atoms with Crippen molar-refractivity contribution in [3.8, 4) is 0 Å². The maximum Gasteiger partial charge on any atom is 0.0654 e. The van der Waals surface area contributed by atoms with E-state index in [-0.39, 0.29) is 0 Å². The van der Waals surface area contributed by atoms with Gasteiger partial charge in [-0.3, -0.25) is 0 Å². The molecule has 2 rings (SSSR count). The molecule has 0 aromatic carbocycles. The summed E-state index contributed by atoms with van der Waals surface area (Å²) < 4.78 is 5.90. The topological polar surface area (TPSA) is 9.23 Å². The zero-order valence-corrected chi connectivity index (χ0v) is 8.31. The highest BCUT2D eigenvalue weighted by molar-refractivity contribution is 4.90. The van der Waals surface area contributed by atoms with Gasteiger partial charge in [0, 0.05) is 6.61 Å². The first kappa shape index (κ1) is 8.55. The van der Waals surface area contributed by atoms with E-state index in [0.29, 0.717) is 11.5 Å². The largest absolute Gasteiger partial charge is 0.377 e. The van der Waals surface area contributed by atoms with Gasteiger partial charge in [0.25, 0.3) is 0 Å². The van der Waals surface area contributed by atoms with Crippen LogP contribution in [0.15, 0.2) is 0 Å². The first-order chi connectivity index (χ1) is 5.70. The average Bonchev–Trinajstić information content (AvgIpc) is 2.04. The van der Waals surface area contributed by atoms with Crippen LogP contribution < -0.4 is 0 Å². The first-order valence-corrected chi connectivity index (χ1v) is 5.32. The molecule has 2 atom stereocenters. The maximum atomic E-state index is 5.90. The molecule has 0 aromatic heterocycles. The molecule has 0 amide bonds. The first-order valence-electron chi connectivity index (χ1n) is 5.32. The van der Waals surface area contributed by atoms with E-state index >= 15 is 0 Å². The van der Waals surface area contributed by atoms with E-state index in [1.165, 1.54) is 32.1 Å². The van der Waals surface area contributed by atoms with Crippen molar-refractivity contribution in [3.05, 3.63) is 0 Å². The Balaban J connectivity index is 2.09. The fraction of sp³-hybridized carbons (Fsp3) is 1.00. The summed E-state index contributed by atoms with van der Waals surface area (Å²) in [6.45, 7) is 5.74. The average molecular weight is 168 g/mol. The molecular formula is C11H20O. The summed E-state index contributed by atoms with van der Waals surface area (Å²) in [6, 6.07) is 0. The third kappa shape index (κ3) is 1.39. The molecule has 12 heavy (non-hydrogen) atoms. The molecule has 2 fully saturated rings. The molecule has 0 bridgehead atoms. The van der Waals surface area contributed by atoms with Crippen LogP contribution in [0.25, 0.3) is 0 Å². The Morgan fingerprint density at radius 2 is 1.92 bits per heavy atom. The monoisotopic (exact) mass is 168 g/mol. The van der Waals surface area contributed by atoms with Crippen molar-refractivity contribution in [2.24, 2.45) is 11.3 Å². The van der Waals surface area contributed by atoms with Gasteiger partial charge in [0.15, 0.2) is 0 Å². The minimum Gasteiger partial charge on any atom is -0.377 e. The van der Waals surface area contributed by atoms with Gasteiger partial charge in [-0.2, -0.15) is 0 Å². The Kier molecular flexibility index (Phi) is 2.16. The van der Waals surface area contributed by atoms with Gasteiger partial charge in [-0.25, -0.2) is 0 Å². The number of ether oxygens (including phenoxy) is 1. The van der Waals surface area contributed by atoms with Crippen molar-refractivity contribution in [3.63, 3.8) is 0 Å². The van der Waals surface area contributed by atoms with Crippen molar-refractivity contribution >= 4 is 0 Å².